The molecule has 7 nitrogen and oxygen atoms in total. The van der Waals surface area contributed by atoms with Gasteiger partial charge in [-0.2, -0.15) is 5.10 Å². The molecular formula is C12H16N4O3. The normalized spacial score (nSPS) is 10.4. The van der Waals surface area contributed by atoms with Crippen LogP contribution >= 0.6 is 0 Å². The highest BCUT2D eigenvalue weighted by Crippen LogP contribution is 1.87. The second-order valence-electron chi connectivity index (χ2n) is 3.56. The van der Waals surface area contributed by atoms with Gasteiger partial charge < -0.3 is 10.1 Å². The molecule has 0 saturated heterocycles. The molecule has 1 aromatic rings. The zero-order valence-corrected chi connectivity index (χ0v) is 10.6. The number of ether oxygens (including phenoxy) is 1. The van der Waals surface area contributed by atoms with Crippen LogP contribution in [0.1, 0.15) is 12.1 Å². The average molecular weight is 264 g/mol. The molecule has 0 saturated carbocycles. The van der Waals surface area contributed by atoms with E-state index in [1.54, 1.807) is 31.5 Å². The van der Waals surface area contributed by atoms with Crippen molar-refractivity contribution in [3.05, 3.63) is 30.1 Å². The van der Waals surface area contributed by atoms with Crippen LogP contribution in [0.25, 0.3) is 0 Å². The molecule has 1 aromatic heterocycles. The van der Waals surface area contributed by atoms with E-state index in [2.05, 4.69) is 20.8 Å². The molecule has 0 spiro atoms. The number of pyridine rings is 1. The van der Waals surface area contributed by atoms with E-state index < -0.39 is 11.8 Å². The molecule has 0 unspecified atom stereocenters. The van der Waals surface area contributed by atoms with Crippen LogP contribution in [0.3, 0.4) is 0 Å². The highest BCUT2D eigenvalue weighted by atomic mass is 16.5. The van der Waals surface area contributed by atoms with Gasteiger partial charge in [-0.3, -0.25) is 14.6 Å². The Labute approximate surface area is 111 Å². The minimum atomic E-state index is -0.815. The van der Waals surface area contributed by atoms with Crippen LogP contribution in [0.15, 0.2) is 29.5 Å². The zero-order valence-electron chi connectivity index (χ0n) is 10.6. The first-order valence-corrected chi connectivity index (χ1v) is 5.75. The lowest BCUT2D eigenvalue weighted by atomic mass is 10.4. The summed E-state index contributed by atoms with van der Waals surface area (Å²) in [6.45, 7) is 0.907. The van der Waals surface area contributed by atoms with Gasteiger partial charge in [0.1, 0.15) is 0 Å². The maximum absolute atomic E-state index is 11.3. The van der Waals surface area contributed by atoms with E-state index in [0.717, 1.165) is 0 Å². The molecule has 0 aliphatic rings. The van der Waals surface area contributed by atoms with E-state index >= 15 is 0 Å². The SMILES string of the molecule is COCCCNC(=O)C(=O)N/N=C\c1ccccn1. The lowest BCUT2D eigenvalue weighted by Crippen LogP contribution is -2.38. The number of methoxy groups -OCH3 is 1. The van der Waals surface area contributed by atoms with E-state index in [1.165, 1.54) is 6.21 Å². The summed E-state index contributed by atoms with van der Waals surface area (Å²) in [7, 11) is 1.57. The predicted octanol–water partition coefficient (Wildman–Crippen LogP) is -0.316. The number of carbonyl (C=O) groups is 2. The van der Waals surface area contributed by atoms with Gasteiger partial charge in [0.25, 0.3) is 0 Å². The number of carbonyl (C=O) groups excluding carboxylic acids is 2. The van der Waals surface area contributed by atoms with Crippen molar-refractivity contribution in [2.24, 2.45) is 5.10 Å². The Morgan fingerprint density at radius 2 is 2.26 bits per heavy atom. The Morgan fingerprint density at radius 3 is 2.95 bits per heavy atom. The Morgan fingerprint density at radius 1 is 1.42 bits per heavy atom. The minimum Gasteiger partial charge on any atom is -0.385 e. The number of nitrogens with one attached hydrogen (secondary N) is 2. The second kappa shape index (κ2) is 8.76. The van der Waals surface area contributed by atoms with Gasteiger partial charge in [-0.1, -0.05) is 6.07 Å². The van der Waals surface area contributed by atoms with Crippen LogP contribution in [-0.4, -0.2) is 43.3 Å². The van der Waals surface area contributed by atoms with Crippen molar-refractivity contribution in [2.75, 3.05) is 20.3 Å². The van der Waals surface area contributed by atoms with E-state index in [4.69, 9.17) is 4.74 Å². The van der Waals surface area contributed by atoms with Crippen molar-refractivity contribution < 1.29 is 14.3 Å². The number of nitrogens with zero attached hydrogens (tertiary/aromatic N) is 2. The molecule has 19 heavy (non-hydrogen) atoms. The first-order valence-electron chi connectivity index (χ1n) is 5.75. The fourth-order valence-electron chi connectivity index (χ4n) is 1.16. The van der Waals surface area contributed by atoms with Crippen LogP contribution in [0.4, 0.5) is 0 Å². The number of hydrogen-bond donors (Lipinski definition) is 2. The Bertz CT molecular complexity index is 434. The van der Waals surface area contributed by atoms with Gasteiger partial charge in [0.05, 0.1) is 11.9 Å². The van der Waals surface area contributed by atoms with Crippen molar-refractivity contribution in [3.8, 4) is 0 Å². The van der Waals surface area contributed by atoms with E-state index in [-0.39, 0.29) is 0 Å². The van der Waals surface area contributed by atoms with E-state index in [0.29, 0.717) is 25.3 Å². The van der Waals surface area contributed by atoms with Gasteiger partial charge in [-0.15, -0.1) is 0 Å². The Kier molecular flexibility index (Phi) is 6.81. The monoisotopic (exact) mass is 264 g/mol. The summed E-state index contributed by atoms with van der Waals surface area (Å²) in [6.07, 6.45) is 3.61. The molecule has 1 heterocycles. The second-order valence-corrected chi connectivity index (χ2v) is 3.56. The van der Waals surface area contributed by atoms with Gasteiger partial charge in [0.15, 0.2) is 0 Å². The summed E-state index contributed by atoms with van der Waals surface area (Å²) >= 11 is 0. The van der Waals surface area contributed by atoms with Gasteiger partial charge in [-0.25, -0.2) is 5.43 Å². The number of amides is 2. The summed E-state index contributed by atoms with van der Waals surface area (Å²) < 4.78 is 4.82. The van der Waals surface area contributed by atoms with E-state index in [9.17, 15) is 9.59 Å². The smallest absolute Gasteiger partial charge is 0.329 e. The van der Waals surface area contributed by atoms with Crippen LogP contribution in [0.2, 0.25) is 0 Å². The van der Waals surface area contributed by atoms with Crippen LogP contribution in [-0.2, 0) is 14.3 Å². The van der Waals surface area contributed by atoms with Crippen molar-refractivity contribution in [3.63, 3.8) is 0 Å². The summed E-state index contributed by atoms with van der Waals surface area (Å²) in [5, 5.41) is 6.08. The van der Waals surface area contributed by atoms with E-state index in [1.807, 2.05) is 0 Å². The molecule has 0 aliphatic carbocycles. The number of aromatic nitrogens is 1. The third-order valence-corrected chi connectivity index (χ3v) is 2.07. The third kappa shape index (κ3) is 6.27. The molecule has 7 heteroatoms. The summed E-state index contributed by atoms with van der Waals surface area (Å²) in [5.41, 5.74) is 2.71. The summed E-state index contributed by atoms with van der Waals surface area (Å²) in [6, 6.07) is 5.28. The first-order chi connectivity index (χ1) is 9.24. The maximum atomic E-state index is 11.3. The molecule has 0 atom stereocenters. The number of rotatable bonds is 6. The predicted molar refractivity (Wildman–Crippen MR) is 69.5 cm³/mol. The van der Waals surface area contributed by atoms with Crippen LogP contribution in [0.5, 0.6) is 0 Å². The van der Waals surface area contributed by atoms with Crippen molar-refractivity contribution in [1.82, 2.24) is 15.7 Å². The molecule has 0 radical (unpaired) electrons. The first kappa shape index (κ1) is 14.8. The lowest BCUT2D eigenvalue weighted by molar-refractivity contribution is -0.139. The van der Waals surface area contributed by atoms with Gasteiger partial charge in [0, 0.05) is 26.5 Å². The maximum Gasteiger partial charge on any atom is 0.329 e. The van der Waals surface area contributed by atoms with Crippen molar-refractivity contribution in [2.45, 2.75) is 6.42 Å². The molecule has 2 amide bonds. The Hall–Kier alpha value is -2.28. The van der Waals surface area contributed by atoms with Crippen molar-refractivity contribution in [1.29, 1.82) is 0 Å². The third-order valence-electron chi connectivity index (χ3n) is 2.07. The molecular weight excluding hydrogens is 248 g/mol. The molecule has 0 aliphatic heterocycles. The number of hydrazone groups is 1. The molecule has 1 rings (SSSR count). The van der Waals surface area contributed by atoms with Gasteiger partial charge >= 0.3 is 11.8 Å². The van der Waals surface area contributed by atoms with Gasteiger partial charge in [-0.05, 0) is 18.6 Å². The summed E-state index contributed by atoms with van der Waals surface area (Å²) in [5.74, 6) is -1.54. The lowest BCUT2D eigenvalue weighted by Gasteiger charge is -2.02. The molecule has 0 bridgehead atoms. The topological polar surface area (TPSA) is 92.7 Å². The van der Waals surface area contributed by atoms with Gasteiger partial charge in [0.2, 0.25) is 0 Å². The molecule has 102 valence electrons. The standard InChI is InChI=1S/C12H16N4O3/c1-19-8-4-7-14-11(17)12(18)16-15-9-10-5-2-3-6-13-10/h2-3,5-6,9H,4,7-8H2,1H3,(H,14,17)(H,16,18)/b15-9-. The molecule has 0 aromatic carbocycles. The van der Waals surface area contributed by atoms with Crippen molar-refractivity contribution >= 4 is 18.0 Å². The molecule has 0 fully saturated rings. The molecule has 2 N–H and O–H groups in total. The largest absolute Gasteiger partial charge is 0.385 e. The quantitative estimate of drug-likeness (QED) is 0.319. The minimum absolute atomic E-state index is 0.379. The average Bonchev–Trinajstić information content (AvgIpc) is 2.44. The Balaban J connectivity index is 2.27. The fourth-order valence-corrected chi connectivity index (χ4v) is 1.16. The highest BCUT2D eigenvalue weighted by Gasteiger charge is 2.10. The fraction of sp³-hybridized carbons (Fsp3) is 0.333. The highest BCUT2D eigenvalue weighted by molar-refractivity contribution is 6.35. The zero-order chi connectivity index (χ0) is 13.9. The van der Waals surface area contributed by atoms with Crippen LogP contribution in [0, 0.1) is 0 Å². The summed E-state index contributed by atoms with van der Waals surface area (Å²) in [4.78, 5) is 26.6. The number of hydrogen-bond acceptors (Lipinski definition) is 5. The van der Waals surface area contributed by atoms with Crippen LogP contribution < -0.4 is 10.7 Å².